The van der Waals surface area contributed by atoms with E-state index in [0.29, 0.717) is 12.2 Å². The molecular weight excluding hydrogens is 227 g/mol. The maximum absolute atomic E-state index is 13.6. The summed E-state index contributed by atoms with van der Waals surface area (Å²) >= 11 is 0. The van der Waals surface area contributed by atoms with Gasteiger partial charge in [-0.1, -0.05) is 36.4 Å². The number of benzene rings is 2. The van der Waals surface area contributed by atoms with Crippen LogP contribution in [0.25, 0.3) is 0 Å². The Balaban J connectivity index is 2.00. The van der Waals surface area contributed by atoms with Crippen molar-refractivity contribution < 1.29 is 4.39 Å². The van der Waals surface area contributed by atoms with Crippen molar-refractivity contribution in [3.05, 3.63) is 59.9 Å². The minimum atomic E-state index is -0.220. The second-order valence-corrected chi connectivity index (χ2v) is 4.84. The fourth-order valence-corrected chi connectivity index (χ4v) is 2.39. The first-order chi connectivity index (χ1) is 8.69. The lowest BCUT2D eigenvalue weighted by molar-refractivity contribution is 0.555. The van der Waals surface area contributed by atoms with Gasteiger partial charge in [0, 0.05) is 6.54 Å². The first kappa shape index (κ1) is 11.1. The molecule has 2 aromatic rings. The van der Waals surface area contributed by atoms with E-state index in [1.54, 1.807) is 6.07 Å². The number of halogens is 1. The summed E-state index contributed by atoms with van der Waals surface area (Å²) in [6.07, 6.45) is 0. The SMILES string of the molecule is CC1(c2ccccc2)CNc2c(F)cccc2N1. The molecule has 2 aromatic carbocycles. The van der Waals surface area contributed by atoms with Gasteiger partial charge < -0.3 is 10.6 Å². The highest BCUT2D eigenvalue weighted by atomic mass is 19.1. The molecule has 0 aliphatic carbocycles. The van der Waals surface area contributed by atoms with Gasteiger partial charge in [0.05, 0.1) is 16.9 Å². The van der Waals surface area contributed by atoms with Gasteiger partial charge >= 0.3 is 0 Å². The van der Waals surface area contributed by atoms with Crippen molar-refractivity contribution in [1.29, 1.82) is 0 Å². The number of rotatable bonds is 1. The van der Waals surface area contributed by atoms with Crippen molar-refractivity contribution in [1.82, 2.24) is 0 Å². The fourth-order valence-electron chi connectivity index (χ4n) is 2.39. The van der Waals surface area contributed by atoms with Gasteiger partial charge in [-0.05, 0) is 24.6 Å². The molecule has 0 amide bonds. The molecule has 0 saturated carbocycles. The van der Waals surface area contributed by atoms with Gasteiger partial charge in [-0.2, -0.15) is 0 Å². The molecule has 1 heterocycles. The quantitative estimate of drug-likeness (QED) is 0.798. The summed E-state index contributed by atoms with van der Waals surface area (Å²) < 4.78 is 13.6. The van der Waals surface area contributed by atoms with Gasteiger partial charge in [-0.15, -0.1) is 0 Å². The lowest BCUT2D eigenvalue weighted by Crippen LogP contribution is -2.42. The molecule has 0 bridgehead atoms. The predicted molar refractivity (Wildman–Crippen MR) is 72.3 cm³/mol. The van der Waals surface area contributed by atoms with E-state index < -0.39 is 0 Å². The van der Waals surface area contributed by atoms with Crippen LogP contribution in [0, 0.1) is 5.82 Å². The number of nitrogens with one attached hydrogen (secondary N) is 2. The van der Waals surface area contributed by atoms with E-state index in [1.165, 1.54) is 11.6 Å². The smallest absolute Gasteiger partial charge is 0.148 e. The van der Waals surface area contributed by atoms with E-state index in [-0.39, 0.29) is 11.4 Å². The molecule has 2 nitrogen and oxygen atoms in total. The third kappa shape index (κ3) is 1.72. The molecule has 0 aromatic heterocycles. The summed E-state index contributed by atoms with van der Waals surface area (Å²) in [5.41, 5.74) is 2.34. The molecule has 1 aliphatic rings. The Morgan fingerprint density at radius 2 is 1.83 bits per heavy atom. The Morgan fingerprint density at radius 3 is 2.61 bits per heavy atom. The first-order valence-electron chi connectivity index (χ1n) is 6.05. The second-order valence-electron chi connectivity index (χ2n) is 4.84. The third-order valence-corrected chi connectivity index (χ3v) is 3.45. The van der Waals surface area contributed by atoms with Crippen LogP contribution in [0.2, 0.25) is 0 Å². The standard InChI is InChI=1S/C15H15FN2/c1-15(11-6-3-2-4-7-11)10-17-14-12(16)8-5-9-13(14)18-15/h2-9,17-18H,10H2,1H3. The molecular formula is C15H15FN2. The van der Waals surface area contributed by atoms with Crippen molar-refractivity contribution in [3.63, 3.8) is 0 Å². The zero-order chi connectivity index (χ0) is 12.6. The molecule has 0 spiro atoms. The summed E-state index contributed by atoms with van der Waals surface area (Å²) in [7, 11) is 0. The van der Waals surface area contributed by atoms with E-state index in [9.17, 15) is 4.39 Å². The van der Waals surface area contributed by atoms with Crippen molar-refractivity contribution in [2.45, 2.75) is 12.5 Å². The first-order valence-corrected chi connectivity index (χ1v) is 6.05. The number of hydrogen-bond donors (Lipinski definition) is 2. The van der Waals surface area contributed by atoms with Gasteiger partial charge in [0.25, 0.3) is 0 Å². The lowest BCUT2D eigenvalue weighted by atomic mass is 9.89. The molecule has 0 fully saturated rings. The van der Waals surface area contributed by atoms with Gasteiger partial charge in [0.15, 0.2) is 0 Å². The zero-order valence-corrected chi connectivity index (χ0v) is 10.2. The normalized spacial score (nSPS) is 21.7. The van der Waals surface area contributed by atoms with E-state index in [1.807, 2.05) is 24.3 Å². The molecule has 1 aliphatic heterocycles. The van der Waals surface area contributed by atoms with Crippen LogP contribution < -0.4 is 10.6 Å². The van der Waals surface area contributed by atoms with Crippen LogP contribution in [0.3, 0.4) is 0 Å². The molecule has 3 heteroatoms. The third-order valence-electron chi connectivity index (χ3n) is 3.45. The monoisotopic (exact) mass is 242 g/mol. The number of fused-ring (bicyclic) bond motifs is 1. The van der Waals surface area contributed by atoms with E-state index in [2.05, 4.69) is 29.7 Å². The predicted octanol–water partition coefficient (Wildman–Crippen LogP) is 3.58. The topological polar surface area (TPSA) is 24.1 Å². The Labute approximate surface area is 106 Å². The summed E-state index contributed by atoms with van der Waals surface area (Å²) in [5, 5.41) is 6.61. The molecule has 0 saturated heterocycles. The number of anilines is 2. The summed E-state index contributed by atoms with van der Waals surface area (Å²) in [5.74, 6) is -0.213. The van der Waals surface area contributed by atoms with Crippen molar-refractivity contribution in [2.75, 3.05) is 17.2 Å². The van der Waals surface area contributed by atoms with Crippen LogP contribution in [0.1, 0.15) is 12.5 Å². The van der Waals surface area contributed by atoms with Gasteiger partial charge in [0.2, 0.25) is 0 Å². The van der Waals surface area contributed by atoms with Crippen molar-refractivity contribution in [3.8, 4) is 0 Å². The van der Waals surface area contributed by atoms with Crippen LogP contribution in [-0.2, 0) is 5.54 Å². The Kier molecular flexibility index (Phi) is 2.47. The van der Waals surface area contributed by atoms with Crippen LogP contribution in [0.15, 0.2) is 48.5 Å². The fraction of sp³-hybridized carbons (Fsp3) is 0.200. The molecule has 0 radical (unpaired) electrons. The second kappa shape index (κ2) is 4.02. The van der Waals surface area contributed by atoms with Crippen molar-refractivity contribution in [2.24, 2.45) is 0 Å². The average molecular weight is 242 g/mol. The number of para-hydroxylation sites is 1. The van der Waals surface area contributed by atoms with Crippen molar-refractivity contribution >= 4 is 11.4 Å². The zero-order valence-electron chi connectivity index (χ0n) is 10.2. The van der Waals surface area contributed by atoms with Crippen LogP contribution in [0.4, 0.5) is 15.8 Å². The lowest BCUT2D eigenvalue weighted by Gasteiger charge is -2.38. The Hall–Kier alpha value is -2.03. The average Bonchev–Trinajstić information content (AvgIpc) is 2.40. The van der Waals surface area contributed by atoms with Crippen LogP contribution >= 0.6 is 0 Å². The van der Waals surface area contributed by atoms with Crippen LogP contribution in [0.5, 0.6) is 0 Å². The maximum Gasteiger partial charge on any atom is 0.148 e. The minimum absolute atomic E-state index is 0.213. The Bertz CT molecular complexity index is 568. The van der Waals surface area contributed by atoms with E-state index in [4.69, 9.17) is 0 Å². The molecule has 1 unspecified atom stereocenters. The van der Waals surface area contributed by atoms with Crippen LogP contribution in [-0.4, -0.2) is 6.54 Å². The summed E-state index contributed by atoms with van der Waals surface area (Å²) in [4.78, 5) is 0. The summed E-state index contributed by atoms with van der Waals surface area (Å²) in [6.45, 7) is 2.77. The highest BCUT2D eigenvalue weighted by Gasteiger charge is 2.31. The van der Waals surface area contributed by atoms with E-state index >= 15 is 0 Å². The van der Waals surface area contributed by atoms with Gasteiger partial charge in [-0.25, -0.2) is 4.39 Å². The maximum atomic E-state index is 13.6. The largest absolute Gasteiger partial charge is 0.378 e. The highest BCUT2D eigenvalue weighted by molar-refractivity contribution is 5.73. The number of hydrogen-bond acceptors (Lipinski definition) is 2. The molecule has 1 atom stereocenters. The minimum Gasteiger partial charge on any atom is -0.378 e. The molecule has 2 N–H and O–H groups in total. The molecule has 92 valence electrons. The summed E-state index contributed by atoms with van der Waals surface area (Å²) in [6, 6.07) is 15.3. The highest BCUT2D eigenvalue weighted by Crippen LogP contribution is 2.36. The Morgan fingerprint density at radius 1 is 1.06 bits per heavy atom. The molecule has 18 heavy (non-hydrogen) atoms. The van der Waals surface area contributed by atoms with E-state index in [0.717, 1.165) is 5.69 Å². The van der Waals surface area contributed by atoms with Gasteiger partial charge in [-0.3, -0.25) is 0 Å². The molecule has 3 rings (SSSR count). The van der Waals surface area contributed by atoms with Gasteiger partial charge in [0.1, 0.15) is 5.82 Å².